The molecule has 1 saturated carbocycles. The summed E-state index contributed by atoms with van der Waals surface area (Å²) in [4.78, 5) is 0. The van der Waals surface area contributed by atoms with Crippen molar-refractivity contribution in [2.24, 2.45) is 11.8 Å². The molecule has 0 bridgehead atoms. The van der Waals surface area contributed by atoms with Gasteiger partial charge in [0.2, 0.25) is 0 Å². The number of hydrogen-bond acceptors (Lipinski definition) is 1. The number of nitrogens with one attached hydrogen (secondary N) is 1. The molecule has 1 N–H and O–H groups in total. The van der Waals surface area contributed by atoms with E-state index in [9.17, 15) is 0 Å². The average Bonchev–Trinajstić information content (AvgIpc) is 2.41. The van der Waals surface area contributed by atoms with Crippen molar-refractivity contribution in [1.29, 1.82) is 0 Å². The van der Waals surface area contributed by atoms with Gasteiger partial charge in [-0.3, -0.25) is 0 Å². The van der Waals surface area contributed by atoms with Gasteiger partial charge < -0.3 is 5.32 Å². The summed E-state index contributed by atoms with van der Waals surface area (Å²) < 4.78 is 0. The SMILES string of the molecule is CC1CCC(CCNCc2cccc(Cl)c2Cl)CC1. The standard InChI is InChI=1S/C16H23Cl2N/c1-12-5-7-13(8-6-12)9-10-19-11-14-3-2-4-15(17)16(14)18/h2-4,12-13,19H,5-11H2,1H3. The lowest BCUT2D eigenvalue weighted by Crippen LogP contribution is -2.20. The molecule has 0 amide bonds. The van der Waals surface area contributed by atoms with E-state index < -0.39 is 0 Å². The van der Waals surface area contributed by atoms with E-state index in [1.54, 1.807) is 0 Å². The van der Waals surface area contributed by atoms with Gasteiger partial charge in [0.05, 0.1) is 10.0 Å². The van der Waals surface area contributed by atoms with Gasteiger partial charge >= 0.3 is 0 Å². The van der Waals surface area contributed by atoms with Gasteiger partial charge in [-0.1, -0.05) is 67.9 Å². The second-order valence-corrected chi connectivity index (χ2v) is 6.59. The van der Waals surface area contributed by atoms with Crippen molar-refractivity contribution in [3.8, 4) is 0 Å². The van der Waals surface area contributed by atoms with Gasteiger partial charge in [-0.15, -0.1) is 0 Å². The van der Waals surface area contributed by atoms with Crippen molar-refractivity contribution < 1.29 is 0 Å². The van der Waals surface area contributed by atoms with Crippen molar-refractivity contribution >= 4 is 23.2 Å². The first kappa shape index (κ1) is 15.2. The fourth-order valence-corrected chi connectivity index (χ4v) is 3.22. The van der Waals surface area contributed by atoms with E-state index in [0.29, 0.717) is 10.0 Å². The smallest absolute Gasteiger partial charge is 0.0637 e. The second-order valence-electron chi connectivity index (χ2n) is 5.80. The molecule has 1 fully saturated rings. The third-order valence-electron chi connectivity index (χ3n) is 4.21. The zero-order chi connectivity index (χ0) is 13.7. The zero-order valence-electron chi connectivity index (χ0n) is 11.6. The largest absolute Gasteiger partial charge is 0.313 e. The predicted octanol–water partition coefficient (Wildman–Crippen LogP) is 5.30. The highest BCUT2D eigenvalue weighted by Crippen LogP contribution is 2.30. The van der Waals surface area contributed by atoms with E-state index in [0.717, 1.165) is 30.5 Å². The molecule has 0 atom stereocenters. The molecule has 0 spiro atoms. The molecule has 0 aromatic heterocycles. The molecule has 0 saturated heterocycles. The minimum atomic E-state index is 0.641. The second kappa shape index (κ2) is 7.52. The summed E-state index contributed by atoms with van der Waals surface area (Å²) >= 11 is 12.2. The third-order valence-corrected chi connectivity index (χ3v) is 5.07. The molecule has 0 radical (unpaired) electrons. The fourth-order valence-electron chi connectivity index (χ4n) is 2.83. The van der Waals surface area contributed by atoms with Gasteiger partial charge in [0, 0.05) is 6.54 Å². The van der Waals surface area contributed by atoms with Crippen LogP contribution < -0.4 is 5.32 Å². The summed E-state index contributed by atoms with van der Waals surface area (Å²) in [7, 11) is 0. The first-order valence-corrected chi connectivity index (χ1v) is 8.06. The molecular formula is C16H23Cl2N. The lowest BCUT2D eigenvalue weighted by Gasteiger charge is -2.26. The van der Waals surface area contributed by atoms with Crippen LogP contribution in [0, 0.1) is 11.8 Å². The van der Waals surface area contributed by atoms with Crippen LogP contribution >= 0.6 is 23.2 Å². The van der Waals surface area contributed by atoms with Gasteiger partial charge in [0.1, 0.15) is 0 Å². The highest BCUT2D eigenvalue weighted by molar-refractivity contribution is 6.42. The minimum Gasteiger partial charge on any atom is -0.313 e. The molecule has 0 unspecified atom stereocenters. The molecule has 2 rings (SSSR count). The van der Waals surface area contributed by atoms with E-state index in [2.05, 4.69) is 12.2 Å². The Morgan fingerprint density at radius 1 is 1.16 bits per heavy atom. The molecule has 0 aliphatic heterocycles. The lowest BCUT2D eigenvalue weighted by atomic mass is 9.81. The normalized spacial score (nSPS) is 23.5. The summed E-state index contributed by atoms with van der Waals surface area (Å²) in [5.74, 6) is 1.85. The molecule has 19 heavy (non-hydrogen) atoms. The third kappa shape index (κ3) is 4.66. The van der Waals surface area contributed by atoms with Gasteiger partial charge in [-0.05, 0) is 36.4 Å². The minimum absolute atomic E-state index is 0.641. The van der Waals surface area contributed by atoms with Crippen molar-refractivity contribution in [2.75, 3.05) is 6.54 Å². The van der Waals surface area contributed by atoms with Crippen LogP contribution in [0.25, 0.3) is 0 Å². The Kier molecular flexibility index (Phi) is 6.00. The Hall–Kier alpha value is -0.240. The molecule has 3 heteroatoms. The molecule has 1 aromatic rings. The molecule has 1 aliphatic carbocycles. The van der Waals surface area contributed by atoms with E-state index in [-0.39, 0.29) is 0 Å². The Morgan fingerprint density at radius 2 is 1.89 bits per heavy atom. The maximum Gasteiger partial charge on any atom is 0.0637 e. The topological polar surface area (TPSA) is 12.0 Å². The molecular weight excluding hydrogens is 277 g/mol. The summed E-state index contributed by atoms with van der Waals surface area (Å²) in [6.45, 7) is 4.25. The molecule has 1 aromatic carbocycles. The quantitative estimate of drug-likeness (QED) is 0.728. The van der Waals surface area contributed by atoms with Crippen LogP contribution in [0.5, 0.6) is 0 Å². The van der Waals surface area contributed by atoms with Crippen molar-refractivity contribution in [2.45, 2.75) is 45.6 Å². The van der Waals surface area contributed by atoms with Crippen molar-refractivity contribution in [3.63, 3.8) is 0 Å². The molecule has 106 valence electrons. The van der Waals surface area contributed by atoms with Crippen LogP contribution in [0.15, 0.2) is 18.2 Å². The molecule has 1 nitrogen and oxygen atoms in total. The molecule has 0 heterocycles. The average molecular weight is 300 g/mol. The maximum atomic E-state index is 6.16. The predicted molar refractivity (Wildman–Crippen MR) is 83.9 cm³/mol. The van der Waals surface area contributed by atoms with Crippen LogP contribution in [0.3, 0.4) is 0 Å². The van der Waals surface area contributed by atoms with Crippen LogP contribution in [0.1, 0.15) is 44.6 Å². The number of benzene rings is 1. The van der Waals surface area contributed by atoms with Crippen molar-refractivity contribution in [1.82, 2.24) is 5.32 Å². The highest BCUT2D eigenvalue weighted by Gasteiger charge is 2.17. The van der Waals surface area contributed by atoms with Crippen LogP contribution in [0.4, 0.5) is 0 Å². The van der Waals surface area contributed by atoms with Crippen molar-refractivity contribution in [3.05, 3.63) is 33.8 Å². The maximum absolute atomic E-state index is 6.16. The van der Waals surface area contributed by atoms with Crippen LogP contribution in [-0.4, -0.2) is 6.54 Å². The summed E-state index contributed by atoms with van der Waals surface area (Å²) in [6.07, 6.45) is 6.90. The zero-order valence-corrected chi connectivity index (χ0v) is 13.1. The van der Waals surface area contributed by atoms with Gasteiger partial charge in [-0.25, -0.2) is 0 Å². The lowest BCUT2D eigenvalue weighted by molar-refractivity contribution is 0.275. The number of rotatable bonds is 5. The Morgan fingerprint density at radius 3 is 2.63 bits per heavy atom. The first-order valence-electron chi connectivity index (χ1n) is 7.30. The van der Waals surface area contributed by atoms with Crippen LogP contribution in [-0.2, 0) is 6.54 Å². The Labute approximate surface area is 126 Å². The monoisotopic (exact) mass is 299 g/mol. The Bertz CT molecular complexity index is 398. The van der Waals surface area contributed by atoms with Gasteiger partial charge in [0.25, 0.3) is 0 Å². The molecule has 1 aliphatic rings. The summed E-state index contributed by atoms with van der Waals surface area (Å²) in [6, 6.07) is 5.81. The van der Waals surface area contributed by atoms with E-state index in [1.807, 2.05) is 18.2 Å². The summed E-state index contributed by atoms with van der Waals surface area (Å²) in [5.41, 5.74) is 1.09. The number of hydrogen-bond donors (Lipinski definition) is 1. The van der Waals surface area contributed by atoms with Gasteiger partial charge in [-0.2, -0.15) is 0 Å². The van der Waals surface area contributed by atoms with E-state index in [1.165, 1.54) is 32.1 Å². The Balaban J connectivity index is 1.68. The number of halogens is 2. The van der Waals surface area contributed by atoms with E-state index >= 15 is 0 Å². The first-order chi connectivity index (χ1) is 9.16. The summed E-state index contributed by atoms with van der Waals surface area (Å²) in [5, 5.41) is 4.81. The fraction of sp³-hybridized carbons (Fsp3) is 0.625. The van der Waals surface area contributed by atoms with E-state index in [4.69, 9.17) is 23.2 Å². The van der Waals surface area contributed by atoms with Gasteiger partial charge in [0.15, 0.2) is 0 Å². The highest BCUT2D eigenvalue weighted by atomic mass is 35.5. The van der Waals surface area contributed by atoms with Crippen LogP contribution in [0.2, 0.25) is 10.0 Å².